The molecule has 2 aromatic rings. The van der Waals surface area contributed by atoms with E-state index in [-0.39, 0.29) is 23.6 Å². The van der Waals surface area contributed by atoms with Crippen molar-refractivity contribution in [3.8, 4) is 22.8 Å². The summed E-state index contributed by atoms with van der Waals surface area (Å²) < 4.78 is 5.85. The van der Waals surface area contributed by atoms with Gasteiger partial charge >= 0.3 is 0 Å². The van der Waals surface area contributed by atoms with Crippen molar-refractivity contribution in [3.05, 3.63) is 29.8 Å². The van der Waals surface area contributed by atoms with Gasteiger partial charge in [0, 0.05) is 6.54 Å². The molecule has 1 aliphatic rings. The summed E-state index contributed by atoms with van der Waals surface area (Å²) in [4.78, 5) is 4.42. The predicted molar refractivity (Wildman–Crippen MR) is 101 cm³/mol. The number of pyridine rings is 1. The zero-order valence-corrected chi connectivity index (χ0v) is 14.7. The third-order valence-corrected chi connectivity index (χ3v) is 4.48. The number of nitrogens with two attached hydrogens (primary N) is 2. The summed E-state index contributed by atoms with van der Waals surface area (Å²) in [5.41, 5.74) is 14.9. The number of anilines is 2. The van der Waals surface area contributed by atoms with E-state index in [0.717, 1.165) is 31.5 Å². The molecule has 0 spiro atoms. The Labute approximate surface area is 148 Å². The van der Waals surface area contributed by atoms with Crippen molar-refractivity contribution < 1.29 is 9.84 Å². The molecule has 1 aromatic carbocycles. The second-order valence-corrected chi connectivity index (χ2v) is 6.76. The van der Waals surface area contributed by atoms with Gasteiger partial charge in [0.2, 0.25) is 0 Å². The van der Waals surface area contributed by atoms with Crippen molar-refractivity contribution in [2.45, 2.75) is 38.7 Å². The molecule has 0 aliphatic carbocycles. The molecule has 1 saturated heterocycles. The van der Waals surface area contributed by atoms with E-state index in [2.05, 4.69) is 10.3 Å². The predicted octanol–water partition coefficient (Wildman–Crippen LogP) is 2.87. The van der Waals surface area contributed by atoms with Gasteiger partial charge in [-0.1, -0.05) is 6.07 Å². The maximum Gasteiger partial charge on any atom is 0.147 e. The van der Waals surface area contributed by atoms with Gasteiger partial charge in [0.15, 0.2) is 0 Å². The first-order valence-electron chi connectivity index (χ1n) is 8.73. The number of nitrogen functional groups attached to an aromatic ring is 2. The second-order valence-electron chi connectivity index (χ2n) is 6.76. The highest BCUT2D eigenvalue weighted by Crippen LogP contribution is 2.41. The number of nitrogens with one attached hydrogen (secondary N) is 1. The minimum atomic E-state index is -0.0197. The third kappa shape index (κ3) is 3.64. The third-order valence-electron chi connectivity index (χ3n) is 4.48. The Kier molecular flexibility index (Phi) is 4.99. The van der Waals surface area contributed by atoms with Gasteiger partial charge in [0.25, 0.3) is 0 Å². The van der Waals surface area contributed by atoms with Crippen LogP contribution < -0.4 is 21.5 Å². The molecule has 6 N–H and O–H groups in total. The lowest BCUT2D eigenvalue weighted by Gasteiger charge is -2.25. The number of piperidine rings is 1. The van der Waals surface area contributed by atoms with Crippen LogP contribution in [0.3, 0.4) is 0 Å². The summed E-state index contributed by atoms with van der Waals surface area (Å²) in [6, 6.07) is 7.14. The minimum absolute atomic E-state index is 0.0197. The van der Waals surface area contributed by atoms with Crippen molar-refractivity contribution in [2.75, 3.05) is 24.6 Å². The molecule has 2 heterocycles. The van der Waals surface area contributed by atoms with Gasteiger partial charge < -0.3 is 26.6 Å². The molecule has 3 rings (SSSR count). The molecule has 0 radical (unpaired) electrons. The average molecular weight is 342 g/mol. The lowest BCUT2D eigenvalue weighted by molar-refractivity contribution is 0.242. The number of phenolic OH excluding ortho intramolecular Hbond substituents is 1. The fraction of sp³-hybridized carbons (Fsp3) is 0.421. The number of ether oxygens (including phenoxy) is 1. The Morgan fingerprint density at radius 1 is 1.32 bits per heavy atom. The van der Waals surface area contributed by atoms with E-state index >= 15 is 0 Å². The van der Waals surface area contributed by atoms with Crippen LogP contribution in [0.2, 0.25) is 0 Å². The molecule has 0 saturated carbocycles. The number of rotatable bonds is 4. The Hall–Kier alpha value is -2.47. The van der Waals surface area contributed by atoms with E-state index in [9.17, 15) is 5.11 Å². The number of aromatic hydroxyl groups is 1. The largest absolute Gasteiger partial charge is 0.507 e. The Morgan fingerprint density at radius 3 is 2.80 bits per heavy atom. The van der Waals surface area contributed by atoms with Crippen LogP contribution in [0.15, 0.2) is 24.3 Å². The number of hydrogen-bond acceptors (Lipinski definition) is 6. The molecule has 1 aromatic heterocycles. The van der Waals surface area contributed by atoms with Crippen LogP contribution in [-0.2, 0) is 0 Å². The minimum Gasteiger partial charge on any atom is -0.507 e. The zero-order valence-electron chi connectivity index (χ0n) is 14.7. The summed E-state index contributed by atoms with van der Waals surface area (Å²) in [5.74, 6) is 1.27. The molecule has 0 bridgehead atoms. The molecular formula is C19H26N4O2. The van der Waals surface area contributed by atoms with Gasteiger partial charge in [-0.25, -0.2) is 4.98 Å². The SMILES string of the molecule is CC(C)Oc1cccc(O)c1-c1cc(C2CCCNC2)c(N)c(N)n1. The first-order chi connectivity index (χ1) is 12.0. The molecule has 0 amide bonds. The summed E-state index contributed by atoms with van der Waals surface area (Å²) in [6.07, 6.45) is 2.13. The topological polar surface area (TPSA) is 106 Å². The molecule has 1 fully saturated rings. The van der Waals surface area contributed by atoms with Crippen molar-refractivity contribution >= 4 is 11.5 Å². The number of benzene rings is 1. The summed E-state index contributed by atoms with van der Waals surface area (Å²) in [6.45, 7) is 5.77. The van der Waals surface area contributed by atoms with Crippen molar-refractivity contribution in [1.29, 1.82) is 0 Å². The van der Waals surface area contributed by atoms with Crippen LogP contribution in [0.1, 0.15) is 38.2 Å². The van der Waals surface area contributed by atoms with Gasteiger partial charge in [-0.05, 0) is 62.9 Å². The maximum atomic E-state index is 10.4. The van der Waals surface area contributed by atoms with Gasteiger partial charge in [0.05, 0.1) is 23.0 Å². The lowest BCUT2D eigenvalue weighted by Crippen LogP contribution is -2.29. The fourth-order valence-electron chi connectivity index (χ4n) is 3.31. The average Bonchev–Trinajstić information content (AvgIpc) is 2.58. The van der Waals surface area contributed by atoms with E-state index in [0.29, 0.717) is 22.7 Å². The summed E-state index contributed by atoms with van der Waals surface area (Å²) >= 11 is 0. The monoisotopic (exact) mass is 342 g/mol. The Bertz CT molecular complexity index is 755. The standard InChI is InChI=1S/C19H26N4O2/c1-11(2)25-16-7-3-6-15(24)17(16)14-9-13(18(20)19(21)23-14)12-5-4-8-22-10-12/h3,6-7,9,11-12,22,24H,4-5,8,10,20H2,1-2H3,(H2,21,23). The second kappa shape index (κ2) is 7.19. The van der Waals surface area contributed by atoms with E-state index < -0.39 is 0 Å². The molecule has 134 valence electrons. The molecule has 1 atom stereocenters. The highest BCUT2D eigenvalue weighted by atomic mass is 16.5. The molecular weight excluding hydrogens is 316 g/mol. The van der Waals surface area contributed by atoms with Gasteiger partial charge in [0.1, 0.15) is 17.3 Å². The first kappa shape index (κ1) is 17.4. The summed E-state index contributed by atoms with van der Waals surface area (Å²) in [7, 11) is 0. The smallest absolute Gasteiger partial charge is 0.147 e. The summed E-state index contributed by atoms with van der Waals surface area (Å²) in [5, 5.41) is 13.8. The van der Waals surface area contributed by atoms with Crippen LogP contribution >= 0.6 is 0 Å². The number of hydrogen-bond donors (Lipinski definition) is 4. The zero-order chi connectivity index (χ0) is 18.0. The number of aromatic nitrogens is 1. The van der Waals surface area contributed by atoms with Crippen molar-refractivity contribution in [2.24, 2.45) is 0 Å². The van der Waals surface area contributed by atoms with E-state index in [1.54, 1.807) is 12.1 Å². The highest BCUT2D eigenvalue weighted by molar-refractivity contribution is 5.78. The maximum absolute atomic E-state index is 10.4. The molecule has 25 heavy (non-hydrogen) atoms. The van der Waals surface area contributed by atoms with Crippen LogP contribution in [0, 0.1) is 0 Å². The highest BCUT2D eigenvalue weighted by Gasteiger charge is 2.22. The molecule has 1 aliphatic heterocycles. The van der Waals surface area contributed by atoms with Crippen LogP contribution in [0.4, 0.5) is 11.5 Å². The van der Waals surface area contributed by atoms with E-state index in [1.165, 1.54) is 0 Å². The van der Waals surface area contributed by atoms with Gasteiger partial charge in [-0.15, -0.1) is 0 Å². The van der Waals surface area contributed by atoms with Crippen LogP contribution in [-0.4, -0.2) is 29.3 Å². The van der Waals surface area contributed by atoms with Crippen LogP contribution in [0.5, 0.6) is 11.5 Å². The quantitative estimate of drug-likeness (QED) is 0.681. The number of nitrogens with zero attached hydrogens (tertiary/aromatic N) is 1. The first-order valence-corrected chi connectivity index (χ1v) is 8.73. The lowest BCUT2D eigenvalue weighted by atomic mass is 9.89. The van der Waals surface area contributed by atoms with E-state index in [1.807, 2.05) is 26.0 Å². The number of phenols is 1. The van der Waals surface area contributed by atoms with Gasteiger partial charge in [-0.2, -0.15) is 0 Å². The Balaban J connectivity index is 2.10. The van der Waals surface area contributed by atoms with E-state index in [4.69, 9.17) is 16.2 Å². The molecule has 6 nitrogen and oxygen atoms in total. The van der Waals surface area contributed by atoms with Crippen molar-refractivity contribution in [1.82, 2.24) is 10.3 Å². The van der Waals surface area contributed by atoms with Crippen molar-refractivity contribution in [3.63, 3.8) is 0 Å². The van der Waals surface area contributed by atoms with Crippen LogP contribution in [0.25, 0.3) is 11.3 Å². The Morgan fingerprint density at radius 2 is 2.12 bits per heavy atom. The molecule has 1 unspecified atom stereocenters. The fourth-order valence-corrected chi connectivity index (χ4v) is 3.31. The van der Waals surface area contributed by atoms with Gasteiger partial charge in [-0.3, -0.25) is 0 Å². The normalized spacial score (nSPS) is 17.6. The molecule has 6 heteroatoms.